The molecule has 0 atom stereocenters. The third-order valence-electron chi connectivity index (χ3n) is 7.06. The first-order valence-electron chi connectivity index (χ1n) is 11.7. The highest BCUT2D eigenvalue weighted by Gasteiger charge is 2.38. The molecule has 3 nitrogen and oxygen atoms in total. The maximum absolute atomic E-state index is 12.6. The predicted octanol–water partition coefficient (Wildman–Crippen LogP) is 6.95. The van der Waals surface area contributed by atoms with Gasteiger partial charge in [0.05, 0.1) is 17.4 Å². The molecule has 0 bridgehead atoms. The summed E-state index contributed by atoms with van der Waals surface area (Å²) in [5, 5.41) is 9.60. The lowest BCUT2D eigenvalue weighted by Gasteiger charge is -2.35. The first-order chi connectivity index (χ1) is 13.1. The average molecular weight is 376 g/mol. The standard InChI is InChI=1S/C24H41NO2/c1-3-5-7-8-9-20-10-12-22(13-11-20)27-23(26)21-14-17-24(19-25,18-15-21)16-6-4-2/h20-22H,3-18H2,1-2H3/t20-,21-,22-,24+. The van der Waals surface area contributed by atoms with Gasteiger partial charge in [-0.1, -0.05) is 58.8 Å². The van der Waals surface area contributed by atoms with E-state index in [-0.39, 0.29) is 23.4 Å². The minimum atomic E-state index is -0.178. The summed E-state index contributed by atoms with van der Waals surface area (Å²) < 4.78 is 5.88. The van der Waals surface area contributed by atoms with Gasteiger partial charge in [0.15, 0.2) is 0 Å². The zero-order valence-corrected chi connectivity index (χ0v) is 17.8. The topological polar surface area (TPSA) is 50.1 Å². The number of hydrogen-bond acceptors (Lipinski definition) is 3. The van der Waals surface area contributed by atoms with Gasteiger partial charge in [-0.25, -0.2) is 0 Å². The van der Waals surface area contributed by atoms with Gasteiger partial charge in [-0.3, -0.25) is 4.79 Å². The second-order valence-corrected chi connectivity index (χ2v) is 9.20. The van der Waals surface area contributed by atoms with E-state index < -0.39 is 0 Å². The Labute approximate surface area is 167 Å². The van der Waals surface area contributed by atoms with Crippen LogP contribution in [0.4, 0.5) is 0 Å². The number of carbonyl (C=O) groups excluding carboxylic acids is 1. The molecule has 0 N–H and O–H groups in total. The van der Waals surface area contributed by atoms with Crippen molar-refractivity contribution in [1.29, 1.82) is 5.26 Å². The van der Waals surface area contributed by atoms with Crippen molar-refractivity contribution in [2.24, 2.45) is 17.3 Å². The monoisotopic (exact) mass is 375 g/mol. The molecule has 0 amide bonds. The van der Waals surface area contributed by atoms with E-state index in [0.29, 0.717) is 0 Å². The number of unbranched alkanes of at least 4 members (excludes halogenated alkanes) is 4. The van der Waals surface area contributed by atoms with Gasteiger partial charge in [-0.05, 0) is 63.7 Å². The summed E-state index contributed by atoms with van der Waals surface area (Å²) in [6.07, 6.45) is 18.1. The Hall–Kier alpha value is -1.04. The maximum Gasteiger partial charge on any atom is 0.309 e. The second-order valence-electron chi connectivity index (χ2n) is 9.20. The van der Waals surface area contributed by atoms with Crippen LogP contribution in [0.1, 0.15) is 117 Å². The van der Waals surface area contributed by atoms with Crippen molar-refractivity contribution in [3.8, 4) is 6.07 Å². The Balaban J connectivity index is 1.66. The van der Waals surface area contributed by atoms with Crippen LogP contribution in [0.2, 0.25) is 0 Å². The van der Waals surface area contributed by atoms with E-state index in [1.54, 1.807) is 0 Å². The van der Waals surface area contributed by atoms with Gasteiger partial charge in [0.2, 0.25) is 0 Å². The lowest BCUT2D eigenvalue weighted by atomic mass is 9.69. The molecule has 2 rings (SSSR count). The van der Waals surface area contributed by atoms with E-state index in [0.717, 1.165) is 63.7 Å². The Morgan fingerprint density at radius 1 is 0.963 bits per heavy atom. The summed E-state index contributed by atoms with van der Waals surface area (Å²) >= 11 is 0. The third kappa shape index (κ3) is 7.13. The Kier molecular flexibility index (Phi) is 9.66. The molecule has 0 unspecified atom stereocenters. The van der Waals surface area contributed by atoms with Crippen molar-refractivity contribution in [3.63, 3.8) is 0 Å². The van der Waals surface area contributed by atoms with Crippen LogP contribution in [0.25, 0.3) is 0 Å². The molecule has 0 radical (unpaired) electrons. The molecule has 0 aromatic heterocycles. The minimum Gasteiger partial charge on any atom is -0.462 e. The van der Waals surface area contributed by atoms with Gasteiger partial charge in [-0.2, -0.15) is 5.26 Å². The van der Waals surface area contributed by atoms with Crippen molar-refractivity contribution in [2.45, 2.75) is 123 Å². The van der Waals surface area contributed by atoms with Crippen molar-refractivity contribution in [2.75, 3.05) is 0 Å². The molecule has 154 valence electrons. The molecule has 2 fully saturated rings. The van der Waals surface area contributed by atoms with Crippen LogP contribution in [-0.4, -0.2) is 12.1 Å². The van der Waals surface area contributed by atoms with Crippen LogP contribution in [0.15, 0.2) is 0 Å². The summed E-state index contributed by atoms with van der Waals surface area (Å²) in [5.74, 6) is 0.893. The number of esters is 1. The molecule has 0 aromatic rings. The molecule has 27 heavy (non-hydrogen) atoms. The molecule has 0 heterocycles. The molecular formula is C24H41NO2. The van der Waals surface area contributed by atoms with Gasteiger partial charge in [-0.15, -0.1) is 0 Å². The molecule has 2 aliphatic rings. The third-order valence-corrected chi connectivity index (χ3v) is 7.06. The van der Waals surface area contributed by atoms with Crippen molar-refractivity contribution in [3.05, 3.63) is 0 Å². The fourth-order valence-electron chi connectivity index (χ4n) is 5.00. The fraction of sp³-hybridized carbons (Fsp3) is 0.917. The highest BCUT2D eigenvalue weighted by molar-refractivity contribution is 5.72. The summed E-state index contributed by atoms with van der Waals surface area (Å²) in [4.78, 5) is 12.6. The van der Waals surface area contributed by atoms with Crippen molar-refractivity contribution in [1.82, 2.24) is 0 Å². The fourth-order valence-corrected chi connectivity index (χ4v) is 5.00. The number of carbonyl (C=O) groups is 1. The number of nitriles is 1. The van der Waals surface area contributed by atoms with Gasteiger partial charge in [0, 0.05) is 0 Å². The van der Waals surface area contributed by atoms with E-state index in [2.05, 4.69) is 19.9 Å². The molecular weight excluding hydrogens is 334 g/mol. The number of rotatable bonds is 10. The summed E-state index contributed by atoms with van der Waals surface area (Å²) in [5.41, 5.74) is -0.178. The summed E-state index contributed by atoms with van der Waals surface area (Å²) in [7, 11) is 0. The molecule has 2 saturated carbocycles. The van der Waals surface area contributed by atoms with Gasteiger partial charge in [0.25, 0.3) is 0 Å². The van der Waals surface area contributed by atoms with Gasteiger partial charge >= 0.3 is 5.97 Å². The van der Waals surface area contributed by atoms with Crippen molar-refractivity contribution < 1.29 is 9.53 Å². The molecule has 0 saturated heterocycles. The quantitative estimate of drug-likeness (QED) is 0.306. The zero-order chi connectivity index (χ0) is 19.5. The normalized spacial score (nSPS) is 31.2. The predicted molar refractivity (Wildman–Crippen MR) is 110 cm³/mol. The zero-order valence-electron chi connectivity index (χ0n) is 17.8. The second kappa shape index (κ2) is 11.7. The molecule has 2 aliphatic carbocycles. The van der Waals surface area contributed by atoms with Crippen LogP contribution in [-0.2, 0) is 9.53 Å². The Morgan fingerprint density at radius 3 is 2.22 bits per heavy atom. The molecule has 3 heteroatoms. The highest BCUT2D eigenvalue weighted by atomic mass is 16.5. The molecule has 0 aromatic carbocycles. The van der Waals surface area contributed by atoms with Crippen LogP contribution in [0.5, 0.6) is 0 Å². The van der Waals surface area contributed by atoms with Crippen LogP contribution >= 0.6 is 0 Å². The van der Waals surface area contributed by atoms with Gasteiger partial charge < -0.3 is 4.74 Å². The maximum atomic E-state index is 12.6. The SMILES string of the molecule is CCCCCC[C@H]1CC[C@H](OC(=O)[C@H]2CC[C@](C#N)(CCCC)CC2)CC1. The summed E-state index contributed by atoms with van der Waals surface area (Å²) in [6, 6.07) is 2.57. The van der Waals surface area contributed by atoms with Crippen LogP contribution in [0.3, 0.4) is 0 Å². The van der Waals surface area contributed by atoms with E-state index >= 15 is 0 Å². The number of ether oxygens (including phenoxy) is 1. The molecule has 0 aliphatic heterocycles. The van der Waals surface area contributed by atoms with E-state index in [4.69, 9.17) is 4.74 Å². The Morgan fingerprint density at radius 2 is 1.63 bits per heavy atom. The lowest BCUT2D eigenvalue weighted by Crippen LogP contribution is -2.33. The van der Waals surface area contributed by atoms with Crippen LogP contribution in [0, 0.1) is 28.6 Å². The lowest BCUT2D eigenvalue weighted by molar-refractivity contribution is -0.157. The van der Waals surface area contributed by atoms with Gasteiger partial charge in [0.1, 0.15) is 6.10 Å². The van der Waals surface area contributed by atoms with Crippen LogP contribution < -0.4 is 0 Å². The van der Waals surface area contributed by atoms with E-state index in [9.17, 15) is 10.1 Å². The first-order valence-corrected chi connectivity index (χ1v) is 11.7. The Bertz CT molecular complexity index is 465. The summed E-state index contributed by atoms with van der Waals surface area (Å²) in [6.45, 7) is 4.44. The average Bonchev–Trinajstić information content (AvgIpc) is 2.71. The highest BCUT2D eigenvalue weighted by Crippen LogP contribution is 2.43. The van der Waals surface area contributed by atoms with E-state index in [1.165, 1.54) is 44.9 Å². The van der Waals surface area contributed by atoms with Crippen molar-refractivity contribution >= 4 is 5.97 Å². The van der Waals surface area contributed by atoms with E-state index in [1.807, 2.05) is 0 Å². The number of nitrogens with zero attached hydrogens (tertiary/aromatic N) is 1. The minimum absolute atomic E-state index is 0.0171. The smallest absolute Gasteiger partial charge is 0.309 e. The largest absolute Gasteiger partial charge is 0.462 e. The molecule has 0 spiro atoms. The number of hydrogen-bond donors (Lipinski definition) is 0. The first kappa shape index (κ1) is 22.3.